The first kappa shape index (κ1) is 12.2. The molecule has 0 aliphatic carbocycles. The van der Waals surface area contributed by atoms with E-state index < -0.39 is 0 Å². The molecule has 19 heavy (non-hydrogen) atoms. The average Bonchev–Trinajstić information content (AvgIpc) is 3.06. The molecule has 4 heteroatoms. The van der Waals surface area contributed by atoms with Crippen LogP contribution < -0.4 is 0 Å². The third kappa shape index (κ3) is 2.36. The van der Waals surface area contributed by atoms with Gasteiger partial charge in [-0.05, 0) is 42.0 Å². The Morgan fingerprint density at radius 2 is 2.32 bits per heavy atom. The van der Waals surface area contributed by atoms with E-state index in [0.29, 0.717) is 6.42 Å². The Hall–Kier alpha value is -1.81. The maximum absolute atomic E-state index is 12.3. The molecule has 1 aliphatic rings. The molecule has 1 aliphatic heterocycles. The molecule has 1 fully saturated rings. The number of carbonyl (C=O) groups excluding carboxylic acids is 1. The van der Waals surface area contributed by atoms with E-state index in [1.807, 2.05) is 35.4 Å². The number of nitrogens with one attached hydrogen (secondary N) is 1. The number of carbonyl (C=O) groups is 1. The first-order valence-electron chi connectivity index (χ1n) is 6.74. The SMILES string of the molecule is O=C(Cc1ccc2[nH]ccc2c1)N1CCCC1CO. The van der Waals surface area contributed by atoms with E-state index in [4.69, 9.17) is 0 Å². The molecule has 1 amide bonds. The lowest BCUT2D eigenvalue weighted by molar-refractivity contribution is -0.131. The zero-order valence-corrected chi connectivity index (χ0v) is 10.8. The molecule has 1 aromatic heterocycles. The number of aromatic amines is 1. The number of nitrogens with zero attached hydrogens (tertiary/aromatic N) is 1. The molecular weight excluding hydrogens is 240 g/mol. The minimum atomic E-state index is 0.0171. The number of fused-ring (bicyclic) bond motifs is 1. The second-order valence-electron chi connectivity index (χ2n) is 5.14. The maximum atomic E-state index is 12.3. The van der Waals surface area contributed by atoms with E-state index in [0.717, 1.165) is 35.9 Å². The second kappa shape index (κ2) is 5.05. The van der Waals surface area contributed by atoms with Gasteiger partial charge in [0.15, 0.2) is 0 Å². The number of aliphatic hydroxyl groups is 1. The fourth-order valence-electron chi connectivity index (χ4n) is 2.84. The molecule has 4 nitrogen and oxygen atoms in total. The van der Waals surface area contributed by atoms with Gasteiger partial charge >= 0.3 is 0 Å². The normalized spacial score (nSPS) is 19.2. The van der Waals surface area contributed by atoms with E-state index in [1.165, 1.54) is 0 Å². The smallest absolute Gasteiger partial charge is 0.227 e. The van der Waals surface area contributed by atoms with Crippen LogP contribution in [-0.4, -0.2) is 40.1 Å². The van der Waals surface area contributed by atoms with Crippen LogP contribution in [0.25, 0.3) is 10.9 Å². The number of benzene rings is 1. The van der Waals surface area contributed by atoms with Crippen molar-refractivity contribution in [3.8, 4) is 0 Å². The topological polar surface area (TPSA) is 56.3 Å². The summed E-state index contributed by atoms with van der Waals surface area (Å²) in [5.41, 5.74) is 2.12. The fraction of sp³-hybridized carbons (Fsp3) is 0.400. The monoisotopic (exact) mass is 258 g/mol. The first-order valence-corrected chi connectivity index (χ1v) is 6.74. The van der Waals surface area contributed by atoms with Gasteiger partial charge < -0.3 is 15.0 Å². The third-order valence-electron chi connectivity index (χ3n) is 3.88. The van der Waals surface area contributed by atoms with Crippen molar-refractivity contribution in [2.75, 3.05) is 13.2 Å². The minimum absolute atomic E-state index is 0.0171. The lowest BCUT2D eigenvalue weighted by Gasteiger charge is -2.23. The Labute approximate surface area is 112 Å². The highest BCUT2D eigenvalue weighted by Gasteiger charge is 2.27. The molecule has 1 atom stereocenters. The Balaban J connectivity index is 1.74. The lowest BCUT2D eigenvalue weighted by Crippen LogP contribution is -2.38. The number of rotatable bonds is 3. The van der Waals surface area contributed by atoms with Crippen LogP contribution in [0.3, 0.4) is 0 Å². The van der Waals surface area contributed by atoms with Gasteiger partial charge in [-0.3, -0.25) is 4.79 Å². The zero-order chi connectivity index (χ0) is 13.2. The molecule has 1 saturated heterocycles. The molecule has 2 heterocycles. The van der Waals surface area contributed by atoms with Crippen molar-refractivity contribution in [2.45, 2.75) is 25.3 Å². The van der Waals surface area contributed by atoms with E-state index >= 15 is 0 Å². The van der Waals surface area contributed by atoms with Gasteiger partial charge in [-0.1, -0.05) is 6.07 Å². The summed E-state index contributed by atoms with van der Waals surface area (Å²) in [6.07, 6.45) is 4.23. The standard InChI is InChI=1S/C15H18N2O2/c18-10-13-2-1-7-17(13)15(19)9-11-3-4-14-12(8-11)5-6-16-14/h3-6,8,13,16,18H,1-2,7,9-10H2. The number of amides is 1. The predicted molar refractivity (Wildman–Crippen MR) is 73.8 cm³/mol. The predicted octanol–water partition coefficient (Wildman–Crippen LogP) is 1.69. The molecule has 3 rings (SSSR count). The summed E-state index contributed by atoms with van der Waals surface area (Å²) in [7, 11) is 0. The van der Waals surface area contributed by atoms with E-state index in [-0.39, 0.29) is 18.6 Å². The number of H-pyrrole nitrogens is 1. The van der Waals surface area contributed by atoms with Crippen LogP contribution in [0.15, 0.2) is 30.5 Å². The molecule has 0 radical (unpaired) electrons. The van der Waals surface area contributed by atoms with Crippen LogP contribution in [0.5, 0.6) is 0 Å². The van der Waals surface area contributed by atoms with Crippen molar-refractivity contribution in [3.63, 3.8) is 0 Å². The highest BCUT2D eigenvalue weighted by Crippen LogP contribution is 2.19. The van der Waals surface area contributed by atoms with Gasteiger partial charge in [-0.2, -0.15) is 0 Å². The van der Waals surface area contributed by atoms with Gasteiger partial charge in [0.1, 0.15) is 0 Å². The van der Waals surface area contributed by atoms with Gasteiger partial charge in [0.2, 0.25) is 5.91 Å². The van der Waals surface area contributed by atoms with Crippen LogP contribution in [0.2, 0.25) is 0 Å². The van der Waals surface area contributed by atoms with Gasteiger partial charge in [-0.25, -0.2) is 0 Å². The van der Waals surface area contributed by atoms with Crippen molar-refractivity contribution < 1.29 is 9.90 Å². The molecule has 0 bridgehead atoms. The first-order chi connectivity index (χ1) is 9.28. The largest absolute Gasteiger partial charge is 0.394 e. The molecule has 0 spiro atoms. The molecular formula is C15H18N2O2. The molecule has 1 unspecified atom stereocenters. The van der Waals surface area contributed by atoms with Gasteiger partial charge in [-0.15, -0.1) is 0 Å². The Bertz CT molecular complexity index is 591. The fourth-order valence-corrected chi connectivity index (χ4v) is 2.84. The highest BCUT2D eigenvalue weighted by molar-refractivity contribution is 5.83. The average molecular weight is 258 g/mol. The van der Waals surface area contributed by atoms with Crippen LogP contribution in [0.4, 0.5) is 0 Å². The molecule has 0 saturated carbocycles. The van der Waals surface area contributed by atoms with Crippen LogP contribution in [-0.2, 0) is 11.2 Å². The number of hydrogen-bond donors (Lipinski definition) is 2. The second-order valence-corrected chi connectivity index (χ2v) is 5.14. The highest BCUT2D eigenvalue weighted by atomic mass is 16.3. The maximum Gasteiger partial charge on any atom is 0.227 e. The summed E-state index contributed by atoms with van der Waals surface area (Å²) in [6, 6.07) is 8.07. The Morgan fingerprint density at radius 3 is 3.16 bits per heavy atom. The van der Waals surface area contributed by atoms with E-state index in [9.17, 15) is 9.90 Å². The summed E-state index contributed by atoms with van der Waals surface area (Å²) in [5.74, 6) is 0.117. The molecule has 2 aromatic rings. The number of hydrogen-bond acceptors (Lipinski definition) is 2. The zero-order valence-electron chi connectivity index (χ0n) is 10.8. The lowest BCUT2D eigenvalue weighted by atomic mass is 10.1. The van der Waals surface area contributed by atoms with Crippen molar-refractivity contribution in [1.82, 2.24) is 9.88 Å². The van der Waals surface area contributed by atoms with E-state index in [2.05, 4.69) is 4.98 Å². The third-order valence-corrected chi connectivity index (χ3v) is 3.88. The number of aliphatic hydroxyl groups excluding tert-OH is 1. The quantitative estimate of drug-likeness (QED) is 0.880. The molecule has 100 valence electrons. The minimum Gasteiger partial charge on any atom is -0.394 e. The molecule has 2 N–H and O–H groups in total. The van der Waals surface area contributed by atoms with Gasteiger partial charge in [0, 0.05) is 18.3 Å². The summed E-state index contributed by atoms with van der Waals surface area (Å²) in [6.45, 7) is 0.846. The van der Waals surface area contributed by atoms with Crippen molar-refractivity contribution in [2.24, 2.45) is 0 Å². The number of aromatic nitrogens is 1. The summed E-state index contributed by atoms with van der Waals surface area (Å²) in [5, 5.41) is 10.4. The summed E-state index contributed by atoms with van der Waals surface area (Å²) < 4.78 is 0. The van der Waals surface area contributed by atoms with Crippen LogP contribution in [0.1, 0.15) is 18.4 Å². The Kier molecular flexibility index (Phi) is 3.25. The van der Waals surface area contributed by atoms with Crippen LogP contribution >= 0.6 is 0 Å². The van der Waals surface area contributed by atoms with Crippen molar-refractivity contribution >= 4 is 16.8 Å². The van der Waals surface area contributed by atoms with E-state index in [1.54, 1.807) is 0 Å². The summed E-state index contributed by atoms with van der Waals surface area (Å²) >= 11 is 0. The van der Waals surface area contributed by atoms with Crippen molar-refractivity contribution in [3.05, 3.63) is 36.0 Å². The Morgan fingerprint density at radius 1 is 1.42 bits per heavy atom. The molecule has 1 aromatic carbocycles. The number of likely N-dealkylation sites (tertiary alicyclic amines) is 1. The van der Waals surface area contributed by atoms with Gasteiger partial charge in [0.25, 0.3) is 0 Å². The summed E-state index contributed by atoms with van der Waals surface area (Å²) in [4.78, 5) is 17.2. The van der Waals surface area contributed by atoms with Gasteiger partial charge in [0.05, 0.1) is 19.1 Å². The van der Waals surface area contributed by atoms with Crippen molar-refractivity contribution in [1.29, 1.82) is 0 Å². The van der Waals surface area contributed by atoms with Crippen LogP contribution in [0, 0.1) is 0 Å².